The van der Waals surface area contributed by atoms with Crippen LogP contribution in [0, 0.1) is 24.6 Å². The second-order valence-electron chi connectivity index (χ2n) is 12.8. The number of unbranched alkanes of at least 4 members (excludes halogenated alkanes) is 2. The number of methoxy groups -OCH3 is 1. The van der Waals surface area contributed by atoms with Crippen LogP contribution in [0.15, 0.2) is 66.7 Å². The van der Waals surface area contributed by atoms with Crippen LogP contribution in [0.3, 0.4) is 0 Å². The Balaban J connectivity index is 1.41. The summed E-state index contributed by atoms with van der Waals surface area (Å²) in [4.78, 5) is 0. The second-order valence-corrected chi connectivity index (χ2v) is 12.8. The van der Waals surface area contributed by atoms with Crippen LogP contribution in [0.4, 0.5) is 4.39 Å². The van der Waals surface area contributed by atoms with Crippen LogP contribution in [0.1, 0.15) is 82.3 Å². The highest BCUT2D eigenvalue weighted by Gasteiger charge is 2.21. The molecule has 1 aliphatic rings. The number of benzene rings is 3. The molecule has 0 radical (unpaired) electrons. The van der Waals surface area contributed by atoms with Crippen molar-refractivity contribution >= 4 is 0 Å². The van der Waals surface area contributed by atoms with E-state index >= 15 is 4.39 Å². The Bertz CT molecular complexity index is 1360. The zero-order valence-electron chi connectivity index (χ0n) is 27.7. The van der Waals surface area contributed by atoms with E-state index in [4.69, 9.17) is 14.2 Å². The van der Waals surface area contributed by atoms with E-state index < -0.39 is 0 Å². The third-order valence-electron chi connectivity index (χ3n) is 9.31. The van der Waals surface area contributed by atoms with Crippen LogP contribution in [-0.4, -0.2) is 38.6 Å². The number of aliphatic hydroxyl groups is 1. The van der Waals surface area contributed by atoms with Gasteiger partial charge in [0.25, 0.3) is 0 Å². The van der Waals surface area contributed by atoms with Gasteiger partial charge in [-0.2, -0.15) is 0 Å². The smallest absolute Gasteiger partial charge is 0.127 e. The fourth-order valence-electron chi connectivity index (χ4n) is 6.48. The molecule has 0 unspecified atom stereocenters. The number of hydrogen-bond donors (Lipinski definition) is 1. The van der Waals surface area contributed by atoms with Crippen LogP contribution in [-0.2, 0) is 11.2 Å². The van der Waals surface area contributed by atoms with E-state index in [1.165, 1.54) is 51.4 Å². The maximum absolute atomic E-state index is 15.3. The van der Waals surface area contributed by atoms with Crippen molar-refractivity contribution in [1.29, 1.82) is 0 Å². The van der Waals surface area contributed by atoms with Crippen LogP contribution in [0.25, 0.3) is 22.3 Å². The van der Waals surface area contributed by atoms with E-state index in [-0.39, 0.29) is 12.4 Å². The Labute approximate surface area is 270 Å². The maximum Gasteiger partial charge on any atom is 0.127 e. The summed E-state index contributed by atoms with van der Waals surface area (Å²) in [6.07, 6.45) is 13.2. The van der Waals surface area contributed by atoms with E-state index in [0.717, 1.165) is 63.6 Å². The molecule has 3 aromatic rings. The molecule has 244 valence electrons. The monoisotopic (exact) mass is 616 g/mol. The van der Waals surface area contributed by atoms with Gasteiger partial charge in [-0.25, -0.2) is 4.39 Å². The molecule has 0 atom stereocenters. The van der Waals surface area contributed by atoms with Crippen molar-refractivity contribution in [1.82, 2.24) is 0 Å². The Morgan fingerprint density at radius 3 is 2.13 bits per heavy atom. The summed E-state index contributed by atoms with van der Waals surface area (Å²) >= 11 is 0. The van der Waals surface area contributed by atoms with Crippen molar-refractivity contribution in [2.75, 3.05) is 33.5 Å². The largest absolute Gasteiger partial charge is 0.493 e. The fraction of sp³-hybridized carbons (Fsp3) is 0.500. The summed E-state index contributed by atoms with van der Waals surface area (Å²) < 4.78 is 32.4. The minimum absolute atomic E-state index is 0.0485. The first-order valence-electron chi connectivity index (χ1n) is 17.0. The lowest BCUT2D eigenvalue weighted by Gasteiger charge is -2.28. The van der Waals surface area contributed by atoms with Gasteiger partial charge in [-0.1, -0.05) is 95.2 Å². The van der Waals surface area contributed by atoms with Gasteiger partial charge in [0.1, 0.15) is 23.9 Å². The molecule has 0 aliphatic heterocycles. The molecule has 0 heterocycles. The summed E-state index contributed by atoms with van der Waals surface area (Å²) in [6, 6.07) is 17.9. The molecule has 1 fully saturated rings. The lowest BCUT2D eigenvalue weighted by Crippen LogP contribution is -2.15. The number of halogens is 1. The summed E-state index contributed by atoms with van der Waals surface area (Å²) in [7, 11) is 1.65. The number of aryl methyl sites for hydroxylation is 2. The number of rotatable bonds is 18. The molecule has 3 aromatic carbocycles. The average molecular weight is 617 g/mol. The Kier molecular flexibility index (Phi) is 14.0. The first-order chi connectivity index (χ1) is 21.9. The van der Waals surface area contributed by atoms with Gasteiger partial charge < -0.3 is 19.3 Å². The van der Waals surface area contributed by atoms with Gasteiger partial charge >= 0.3 is 0 Å². The summed E-state index contributed by atoms with van der Waals surface area (Å²) in [5.41, 5.74) is 6.56. The van der Waals surface area contributed by atoms with E-state index in [2.05, 4.69) is 44.7 Å². The molecule has 0 saturated heterocycles. The van der Waals surface area contributed by atoms with Crippen molar-refractivity contribution in [2.45, 2.75) is 84.5 Å². The van der Waals surface area contributed by atoms with Crippen molar-refractivity contribution in [3.8, 4) is 33.8 Å². The van der Waals surface area contributed by atoms with Crippen LogP contribution < -0.4 is 9.47 Å². The van der Waals surface area contributed by atoms with E-state index in [1.54, 1.807) is 13.2 Å². The molecule has 1 N–H and O–H groups in total. The highest BCUT2D eigenvalue weighted by Crippen LogP contribution is 2.36. The van der Waals surface area contributed by atoms with E-state index in [0.29, 0.717) is 37.7 Å². The third-order valence-corrected chi connectivity index (χ3v) is 9.31. The van der Waals surface area contributed by atoms with Gasteiger partial charge in [0, 0.05) is 19.6 Å². The predicted molar refractivity (Wildman–Crippen MR) is 184 cm³/mol. The molecule has 1 saturated carbocycles. The summed E-state index contributed by atoms with van der Waals surface area (Å²) in [5, 5.41) is 9.25. The molecule has 0 aromatic heterocycles. The lowest BCUT2D eigenvalue weighted by atomic mass is 9.77. The van der Waals surface area contributed by atoms with Gasteiger partial charge in [-0.05, 0) is 88.8 Å². The van der Waals surface area contributed by atoms with Crippen LogP contribution >= 0.6 is 0 Å². The van der Waals surface area contributed by atoms with Crippen molar-refractivity contribution < 1.29 is 23.7 Å². The first kappa shape index (κ1) is 34.7. The Morgan fingerprint density at radius 1 is 0.822 bits per heavy atom. The molecular formula is C40H53FO4. The molecule has 45 heavy (non-hydrogen) atoms. The number of hydrogen-bond acceptors (Lipinski definition) is 4. The third kappa shape index (κ3) is 10.7. The molecule has 0 amide bonds. The number of aliphatic hydroxyl groups excluding tert-OH is 1. The Morgan fingerprint density at radius 2 is 1.49 bits per heavy atom. The van der Waals surface area contributed by atoms with Crippen molar-refractivity contribution in [3.05, 3.63) is 83.7 Å². The average Bonchev–Trinajstić information content (AvgIpc) is 3.05. The topological polar surface area (TPSA) is 47.9 Å². The highest BCUT2D eigenvalue weighted by atomic mass is 19.1. The minimum Gasteiger partial charge on any atom is -0.493 e. The van der Waals surface area contributed by atoms with E-state index in [1.807, 2.05) is 24.3 Å². The molecule has 0 spiro atoms. The van der Waals surface area contributed by atoms with Gasteiger partial charge in [-0.15, -0.1) is 0 Å². The van der Waals surface area contributed by atoms with Gasteiger partial charge in [0.2, 0.25) is 0 Å². The standard InChI is InChI=1S/C40H53FO4/c1-5-6-7-8-31-9-11-32(12-10-31)13-14-33-15-16-35(26-40(33)41)34-17-18-39(30(3)23-34)36-24-37(44-20-19-29(2)28-42)27-38(25-36)45-22-21-43-4/h15-18,23-27,31-32,42H,2,5-14,19-22,28H2,1,3-4H3. The van der Waals surface area contributed by atoms with Crippen LogP contribution in [0.5, 0.6) is 11.5 Å². The fourth-order valence-corrected chi connectivity index (χ4v) is 6.48. The molecule has 4 rings (SSSR count). The SMILES string of the molecule is C=C(CO)CCOc1cc(OCCOC)cc(-c2ccc(-c3ccc(CCC4CCC(CCCCC)CC4)c(F)c3)cc2C)c1. The lowest BCUT2D eigenvalue weighted by molar-refractivity contribution is 0.146. The van der Waals surface area contributed by atoms with Crippen LogP contribution in [0.2, 0.25) is 0 Å². The van der Waals surface area contributed by atoms with Gasteiger partial charge in [-0.3, -0.25) is 0 Å². The zero-order chi connectivity index (χ0) is 32.0. The first-order valence-corrected chi connectivity index (χ1v) is 17.0. The van der Waals surface area contributed by atoms with Gasteiger partial charge in [0.15, 0.2) is 0 Å². The normalized spacial score (nSPS) is 16.5. The van der Waals surface area contributed by atoms with Gasteiger partial charge in [0.05, 0.1) is 19.8 Å². The summed E-state index contributed by atoms with van der Waals surface area (Å²) in [6.45, 7) is 9.48. The van der Waals surface area contributed by atoms with Crippen molar-refractivity contribution in [2.24, 2.45) is 11.8 Å². The minimum atomic E-state index is -0.103. The molecule has 0 bridgehead atoms. The molecule has 4 nitrogen and oxygen atoms in total. The highest BCUT2D eigenvalue weighted by molar-refractivity contribution is 5.75. The van der Waals surface area contributed by atoms with E-state index in [9.17, 15) is 5.11 Å². The molecule has 5 heteroatoms. The quantitative estimate of drug-likeness (QED) is 0.114. The second kappa shape index (κ2) is 18.1. The number of ether oxygens (including phenoxy) is 3. The zero-order valence-corrected chi connectivity index (χ0v) is 27.7. The van der Waals surface area contributed by atoms with Crippen molar-refractivity contribution in [3.63, 3.8) is 0 Å². The molecular weight excluding hydrogens is 563 g/mol. The molecule has 1 aliphatic carbocycles. The Hall–Kier alpha value is -3.15. The predicted octanol–water partition coefficient (Wildman–Crippen LogP) is 10.1. The summed E-state index contributed by atoms with van der Waals surface area (Å²) in [5.74, 6) is 2.93. The maximum atomic E-state index is 15.3.